The molecule has 1 heterocycles. The van der Waals surface area contributed by atoms with Gasteiger partial charge in [-0.1, -0.05) is 22.9 Å². The Bertz CT molecular complexity index is 868. The van der Waals surface area contributed by atoms with E-state index in [-0.39, 0.29) is 5.75 Å². The van der Waals surface area contributed by atoms with Gasteiger partial charge in [-0.15, -0.1) is 0 Å². The molecule has 2 aromatic carbocycles. The third-order valence-corrected chi connectivity index (χ3v) is 4.13. The molecule has 0 spiro atoms. The quantitative estimate of drug-likeness (QED) is 0.708. The van der Waals surface area contributed by atoms with E-state index < -0.39 is 0 Å². The Kier molecular flexibility index (Phi) is 4.34. The second kappa shape index (κ2) is 6.42. The van der Waals surface area contributed by atoms with Crippen molar-refractivity contribution in [3.8, 4) is 11.5 Å². The van der Waals surface area contributed by atoms with Crippen molar-refractivity contribution in [1.82, 2.24) is 9.97 Å². The normalized spacial score (nSPS) is 10.7. The zero-order valence-electron chi connectivity index (χ0n) is 12.8. The number of nitrogens with one attached hydrogen (secondary N) is 1. The van der Waals surface area contributed by atoms with Crippen molar-refractivity contribution in [2.45, 2.75) is 13.3 Å². The molecule has 3 rings (SSSR count). The largest absolute Gasteiger partial charge is 0.504 e. The number of phenolic OH excluding ortho intramolecular Hbond substituents is 1. The molecule has 23 heavy (non-hydrogen) atoms. The van der Waals surface area contributed by atoms with Crippen LogP contribution in [0.15, 0.2) is 41.1 Å². The predicted octanol–water partition coefficient (Wildman–Crippen LogP) is 4.41. The molecule has 0 bridgehead atoms. The minimum Gasteiger partial charge on any atom is -0.504 e. The molecule has 1 aromatic heterocycles. The van der Waals surface area contributed by atoms with Gasteiger partial charge in [0.1, 0.15) is 12.1 Å². The van der Waals surface area contributed by atoms with Gasteiger partial charge in [-0.25, -0.2) is 9.97 Å². The van der Waals surface area contributed by atoms with Crippen LogP contribution in [0.4, 0.5) is 11.5 Å². The van der Waals surface area contributed by atoms with Gasteiger partial charge in [0, 0.05) is 21.6 Å². The predicted molar refractivity (Wildman–Crippen MR) is 94.6 cm³/mol. The molecule has 0 fully saturated rings. The Morgan fingerprint density at radius 2 is 2.04 bits per heavy atom. The summed E-state index contributed by atoms with van der Waals surface area (Å²) in [6.45, 7) is 2.10. The standard InChI is InChI=1S/C17H16BrN3O2/c1-3-10-6-11(18)4-5-13(10)21-17-12-7-15(22)16(23-2)8-14(12)19-9-20-17/h4-9,22H,3H2,1-2H3,(H,19,20,21). The number of anilines is 2. The van der Waals surface area contributed by atoms with Crippen LogP contribution < -0.4 is 10.1 Å². The number of ether oxygens (including phenoxy) is 1. The maximum atomic E-state index is 10.0. The molecule has 3 aromatic rings. The summed E-state index contributed by atoms with van der Waals surface area (Å²) in [6, 6.07) is 9.36. The fraction of sp³-hybridized carbons (Fsp3) is 0.176. The second-order valence-electron chi connectivity index (χ2n) is 5.04. The van der Waals surface area contributed by atoms with Gasteiger partial charge in [0.15, 0.2) is 11.5 Å². The SMILES string of the molecule is CCc1cc(Br)ccc1Nc1ncnc2cc(OC)c(O)cc12. The molecular formula is C17H16BrN3O2. The molecular weight excluding hydrogens is 358 g/mol. The summed E-state index contributed by atoms with van der Waals surface area (Å²) >= 11 is 3.49. The highest BCUT2D eigenvalue weighted by Crippen LogP contribution is 2.34. The van der Waals surface area contributed by atoms with Crippen LogP contribution in [0.25, 0.3) is 10.9 Å². The smallest absolute Gasteiger partial charge is 0.162 e. The molecule has 0 saturated heterocycles. The monoisotopic (exact) mass is 373 g/mol. The van der Waals surface area contributed by atoms with E-state index in [1.165, 1.54) is 19.0 Å². The number of hydrogen-bond acceptors (Lipinski definition) is 5. The molecule has 5 nitrogen and oxygen atoms in total. The molecule has 0 radical (unpaired) electrons. The van der Waals surface area contributed by atoms with E-state index in [0.29, 0.717) is 17.1 Å². The number of fused-ring (bicyclic) bond motifs is 1. The number of aryl methyl sites for hydroxylation is 1. The van der Waals surface area contributed by atoms with Crippen molar-refractivity contribution in [2.24, 2.45) is 0 Å². The van der Waals surface area contributed by atoms with Crippen LogP contribution in [0, 0.1) is 0 Å². The zero-order valence-corrected chi connectivity index (χ0v) is 14.4. The molecule has 0 atom stereocenters. The molecule has 0 unspecified atom stereocenters. The fourth-order valence-corrected chi connectivity index (χ4v) is 2.85. The van der Waals surface area contributed by atoms with E-state index >= 15 is 0 Å². The average Bonchev–Trinajstić information content (AvgIpc) is 2.56. The molecule has 0 aliphatic heterocycles. The highest BCUT2D eigenvalue weighted by molar-refractivity contribution is 9.10. The van der Waals surface area contributed by atoms with Crippen LogP contribution in [-0.4, -0.2) is 22.2 Å². The number of hydrogen-bond donors (Lipinski definition) is 2. The Morgan fingerprint density at radius 1 is 1.22 bits per heavy atom. The maximum absolute atomic E-state index is 10.0. The first kappa shape index (κ1) is 15.6. The number of nitrogens with zero attached hydrogens (tertiary/aromatic N) is 2. The van der Waals surface area contributed by atoms with Crippen molar-refractivity contribution >= 4 is 38.3 Å². The number of methoxy groups -OCH3 is 1. The molecule has 2 N–H and O–H groups in total. The number of benzene rings is 2. The van der Waals surface area contributed by atoms with Crippen LogP contribution in [-0.2, 0) is 6.42 Å². The van der Waals surface area contributed by atoms with E-state index in [0.717, 1.165) is 22.0 Å². The van der Waals surface area contributed by atoms with Crippen LogP contribution in [0.1, 0.15) is 12.5 Å². The molecule has 6 heteroatoms. The summed E-state index contributed by atoms with van der Waals surface area (Å²) in [5.41, 5.74) is 2.85. The van der Waals surface area contributed by atoms with Crippen molar-refractivity contribution in [3.63, 3.8) is 0 Å². The summed E-state index contributed by atoms with van der Waals surface area (Å²) < 4.78 is 6.16. The van der Waals surface area contributed by atoms with E-state index in [9.17, 15) is 5.11 Å². The topological polar surface area (TPSA) is 67.3 Å². The third kappa shape index (κ3) is 3.07. The highest BCUT2D eigenvalue weighted by Gasteiger charge is 2.11. The van der Waals surface area contributed by atoms with Crippen LogP contribution in [0.2, 0.25) is 0 Å². The van der Waals surface area contributed by atoms with Gasteiger partial charge < -0.3 is 15.2 Å². The fourth-order valence-electron chi connectivity index (χ4n) is 2.44. The summed E-state index contributed by atoms with van der Waals surface area (Å²) in [7, 11) is 1.51. The summed E-state index contributed by atoms with van der Waals surface area (Å²) in [4.78, 5) is 8.55. The Balaban J connectivity index is 2.09. The number of aromatic nitrogens is 2. The number of rotatable bonds is 4. The van der Waals surface area contributed by atoms with Crippen molar-refractivity contribution in [3.05, 3.63) is 46.7 Å². The first-order valence-corrected chi connectivity index (χ1v) is 7.98. The lowest BCUT2D eigenvalue weighted by Gasteiger charge is -2.13. The number of phenols is 1. The molecule has 118 valence electrons. The lowest BCUT2D eigenvalue weighted by molar-refractivity contribution is 0.374. The molecule has 0 saturated carbocycles. The number of halogens is 1. The molecule has 0 aliphatic carbocycles. The average molecular weight is 374 g/mol. The van der Waals surface area contributed by atoms with Crippen LogP contribution in [0.5, 0.6) is 11.5 Å². The van der Waals surface area contributed by atoms with Crippen molar-refractivity contribution < 1.29 is 9.84 Å². The Morgan fingerprint density at radius 3 is 2.78 bits per heavy atom. The van der Waals surface area contributed by atoms with Gasteiger partial charge in [-0.3, -0.25) is 0 Å². The van der Waals surface area contributed by atoms with Gasteiger partial charge in [-0.2, -0.15) is 0 Å². The van der Waals surface area contributed by atoms with Gasteiger partial charge in [-0.05, 0) is 36.2 Å². The third-order valence-electron chi connectivity index (χ3n) is 3.64. The minimum absolute atomic E-state index is 0.0596. The number of aromatic hydroxyl groups is 1. The van der Waals surface area contributed by atoms with Crippen molar-refractivity contribution in [1.29, 1.82) is 0 Å². The second-order valence-corrected chi connectivity index (χ2v) is 5.96. The van der Waals surface area contributed by atoms with E-state index in [1.54, 1.807) is 12.1 Å². The maximum Gasteiger partial charge on any atom is 0.162 e. The van der Waals surface area contributed by atoms with Gasteiger partial charge >= 0.3 is 0 Å². The first-order valence-electron chi connectivity index (χ1n) is 7.19. The van der Waals surface area contributed by atoms with Gasteiger partial charge in [0.2, 0.25) is 0 Å². The minimum atomic E-state index is 0.0596. The lowest BCUT2D eigenvalue weighted by atomic mass is 10.1. The summed E-state index contributed by atoms with van der Waals surface area (Å²) in [5.74, 6) is 1.09. The van der Waals surface area contributed by atoms with Crippen LogP contribution >= 0.6 is 15.9 Å². The van der Waals surface area contributed by atoms with E-state index in [2.05, 4.69) is 44.2 Å². The summed E-state index contributed by atoms with van der Waals surface area (Å²) in [5, 5.41) is 14.1. The Labute approximate surface area is 142 Å². The van der Waals surface area contributed by atoms with Gasteiger partial charge in [0.05, 0.1) is 12.6 Å². The zero-order chi connectivity index (χ0) is 16.4. The highest BCUT2D eigenvalue weighted by atomic mass is 79.9. The summed E-state index contributed by atoms with van der Waals surface area (Å²) in [6.07, 6.45) is 2.38. The lowest BCUT2D eigenvalue weighted by Crippen LogP contribution is -1.99. The molecule has 0 aliphatic rings. The van der Waals surface area contributed by atoms with Crippen molar-refractivity contribution in [2.75, 3.05) is 12.4 Å². The Hall–Kier alpha value is -2.34. The van der Waals surface area contributed by atoms with Crippen LogP contribution in [0.3, 0.4) is 0 Å². The molecule has 0 amide bonds. The first-order chi connectivity index (χ1) is 11.1. The van der Waals surface area contributed by atoms with Gasteiger partial charge in [0.25, 0.3) is 0 Å². The van der Waals surface area contributed by atoms with E-state index in [1.807, 2.05) is 12.1 Å². The van der Waals surface area contributed by atoms with E-state index in [4.69, 9.17) is 4.74 Å².